The van der Waals surface area contributed by atoms with E-state index in [9.17, 15) is 0 Å². The Morgan fingerprint density at radius 3 is 1.55 bits per heavy atom. The summed E-state index contributed by atoms with van der Waals surface area (Å²) in [6, 6.07) is 25.6. The van der Waals surface area contributed by atoms with Crippen LogP contribution in [0.2, 0.25) is 0 Å². The Morgan fingerprint density at radius 1 is 0.759 bits per heavy atom. The molecule has 0 radical (unpaired) electrons. The monoisotopic (exact) mass is 382 g/mol. The topological polar surface area (TPSA) is 47.7 Å². The van der Waals surface area contributed by atoms with Crippen LogP contribution in [-0.2, 0) is 6.42 Å². The lowest BCUT2D eigenvalue weighted by atomic mass is 9.79. The zero-order valence-electron chi connectivity index (χ0n) is 17.8. The van der Waals surface area contributed by atoms with Crippen molar-refractivity contribution >= 4 is 11.4 Å². The number of aryl methyl sites for hydroxylation is 1. The van der Waals surface area contributed by atoms with Crippen LogP contribution in [0.3, 0.4) is 0 Å². The first-order chi connectivity index (χ1) is 13.9. The van der Waals surface area contributed by atoms with Crippen LogP contribution >= 0.6 is 0 Å². The summed E-state index contributed by atoms with van der Waals surface area (Å²) in [5.41, 5.74) is 8.23. The number of hydrogen-bond acceptors (Lipinski definition) is 2. The van der Waals surface area contributed by atoms with E-state index in [0.717, 1.165) is 0 Å². The van der Waals surface area contributed by atoms with Gasteiger partial charge in [-0.25, -0.2) is 0 Å². The molecule has 0 aliphatic rings. The van der Waals surface area contributed by atoms with Crippen molar-refractivity contribution in [3.63, 3.8) is 0 Å². The SMILES string of the molecule is CC(=N)C(=N)Cc1c(C(C)c2ccccc2)cc(C)cc1C(C)c1ccccc1. The van der Waals surface area contributed by atoms with Crippen LogP contribution in [0.15, 0.2) is 72.8 Å². The average molecular weight is 383 g/mol. The maximum absolute atomic E-state index is 8.39. The van der Waals surface area contributed by atoms with Crippen molar-refractivity contribution in [1.29, 1.82) is 10.8 Å². The van der Waals surface area contributed by atoms with Crippen molar-refractivity contribution in [2.24, 2.45) is 0 Å². The van der Waals surface area contributed by atoms with Gasteiger partial charge in [0.15, 0.2) is 0 Å². The molecule has 0 saturated carbocycles. The normalized spacial score (nSPS) is 13.0. The smallest absolute Gasteiger partial charge is 0.0562 e. The summed E-state index contributed by atoms with van der Waals surface area (Å²) in [7, 11) is 0. The van der Waals surface area contributed by atoms with Crippen LogP contribution in [0.4, 0.5) is 0 Å². The van der Waals surface area contributed by atoms with Crippen molar-refractivity contribution in [2.45, 2.75) is 46.0 Å². The maximum atomic E-state index is 8.39. The highest BCUT2D eigenvalue weighted by molar-refractivity contribution is 6.39. The Morgan fingerprint density at radius 2 is 1.17 bits per heavy atom. The van der Waals surface area contributed by atoms with E-state index >= 15 is 0 Å². The zero-order chi connectivity index (χ0) is 21.0. The van der Waals surface area contributed by atoms with Crippen LogP contribution < -0.4 is 0 Å². The molecular weight excluding hydrogens is 352 g/mol. The zero-order valence-corrected chi connectivity index (χ0v) is 17.8. The molecule has 0 fully saturated rings. The summed E-state index contributed by atoms with van der Waals surface area (Å²) in [5.74, 6) is 0.457. The van der Waals surface area contributed by atoms with Gasteiger partial charge in [0.05, 0.1) is 5.71 Å². The molecule has 0 amide bonds. The lowest BCUT2D eigenvalue weighted by molar-refractivity contribution is 0.856. The molecule has 0 aliphatic carbocycles. The minimum atomic E-state index is 0.228. The fourth-order valence-corrected chi connectivity index (χ4v) is 4.00. The molecule has 0 aromatic heterocycles. The molecule has 0 bridgehead atoms. The van der Waals surface area contributed by atoms with Crippen LogP contribution in [0.1, 0.15) is 66.0 Å². The Labute approximate surface area is 174 Å². The van der Waals surface area contributed by atoms with Crippen molar-refractivity contribution in [2.75, 3.05) is 0 Å². The molecule has 3 aromatic rings. The molecule has 0 saturated heterocycles. The molecular formula is C27H30N2. The summed E-state index contributed by atoms with van der Waals surface area (Å²) in [6.45, 7) is 8.34. The third-order valence-corrected chi connectivity index (χ3v) is 5.80. The Balaban J connectivity index is 2.18. The summed E-state index contributed by atoms with van der Waals surface area (Å²) in [4.78, 5) is 0. The van der Waals surface area contributed by atoms with Gasteiger partial charge < -0.3 is 10.8 Å². The van der Waals surface area contributed by atoms with Crippen molar-refractivity contribution < 1.29 is 0 Å². The average Bonchev–Trinajstić information content (AvgIpc) is 2.74. The molecule has 2 heteroatoms. The number of rotatable bonds is 7. The van der Waals surface area contributed by atoms with E-state index < -0.39 is 0 Å². The van der Waals surface area contributed by atoms with Crippen LogP contribution in [0, 0.1) is 17.7 Å². The maximum Gasteiger partial charge on any atom is 0.0562 e. The van der Waals surface area contributed by atoms with Crippen molar-refractivity contribution in [3.05, 3.63) is 106 Å². The third-order valence-electron chi connectivity index (χ3n) is 5.80. The van der Waals surface area contributed by atoms with Gasteiger partial charge in [-0.1, -0.05) is 92.2 Å². The third kappa shape index (κ3) is 4.71. The Kier molecular flexibility index (Phi) is 6.43. The highest BCUT2D eigenvalue weighted by atomic mass is 14.5. The lowest BCUT2D eigenvalue weighted by Gasteiger charge is -2.25. The molecule has 0 spiro atoms. The van der Waals surface area contributed by atoms with E-state index in [2.05, 4.69) is 81.4 Å². The van der Waals surface area contributed by atoms with E-state index in [1.807, 2.05) is 12.1 Å². The van der Waals surface area contributed by atoms with Gasteiger partial charge in [0.2, 0.25) is 0 Å². The predicted molar refractivity (Wildman–Crippen MR) is 124 cm³/mol. The molecule has 0 aliphatic heterocycles. The molecule has 148 valence electrons. The second kappa shape index (κ2) is 9.00. The summed E-state index contributed by atoms with van der Waals surface area (Å²) >= 11 is 0. The van der Waals surface area contributed by atoms with Crippen LogP contribution in [-0.4, -0.2) is 11.4 Å². The van der Waals surface area contributed by atoms with E-state index in [1.54, 1.807) is 6.92 Å². The first-order valence-electron chi connectivity index (χ1n) is 10.2. The molecule has 2 nitrogen and oxygen atoms in total. The molecule has 2 unspecified atom stereocenters. The largest absolute Gasteiger partial charge is 0.304 e. The van der Waals surface area contributed by atoms with Gasteiger partial charge in [-0.05, 0) is 41.7 Å². The fraction of sp³-hybridized carbons (Fsp3) is 0.259. The molecule has 29 heavy (non-hydrogen) atoms. The highest BCUT2D eigenvalue weighted by Gasteiger charge is 2.21. The molecule has 2 atom stereocenters. The summed E-state index contributed by atoms with van der Waals surface area (Å²) in [6.07, 6.45) is 0.495. The van der Waals surface area contributed by atoms with Crippen molar-refractivity contribution in [3.8, 4) is 0 Å². The molecule has 3 rings (SSSR count). The first-order valence-corrected chi connectivity index (χ1v) is 10.2. The number of hydrogen-bond donors (Lipinski definition) is 2. The second-order valence-corrected chi connectivity index (χ2v) is 7.97. The van der Waals surface area contributed by atoms with Gasteiger partial charge >= 0.3 is 0 Å². The van der Waals surface area contributed by atoms with Crippen LogP contribution in [0.5, 0.6) is 0 Å². The first kappa shape index (κ1) is 20.7. The second-order valence-electron chi connectivity index (χ2n) is 7.97. The van der Waals surface area contributed by atoms with E-state index in [4.69, 9.17) is 10.8 Å². The lowest BCUT2D eigenvalue weighted by Crippen LogP contribution is -2.16. The van der Waals surface area contributed by atoms with Crippen molar-refractivity contribution in [1.82, 2.24) is 0 Å². The van der Waals surface area contributed by atoms with E-state index in [0.29, 0.717) is 17.8 Å². The van der Waals surface area contributed by atoms with Gasteiger partial charge in [-0.15, -0.1) is 0 Å². The van der Waals surface area contributed by atoms with Gasteiger partial charge in [-0.3, -0.25) is 0 Å². The Bertz CT molecular complexity index is 937. The molecule has 0 heterocycles. The quantitative estimate of drug-likeness (QED) is 0.418. The highest BCUT2D eigenvalue weighted by Crippen LogP contribution is 2.35. The summed E-state index contributed by atoms with van der Waals surface area (Å²) in [5, 5.41) is 16.3. The summed E-state index contributed by atoms with van der Waals surface area (Å²) < 4.78 is 0. The number of benzene rings is 3. The molecule has 3 aromatic carbocycles. The van der Waals surface area contributed by atoms with Gasteiger partial charge in [-0.2, -0.15) is 0 Å². The van der Waals surface area contributed by atoms with Crippen LogP contribution in [0.25, 0.3) is 0 Å². The molecule has 2 N–H and O–H groups in total. The standard InChI is InChI=1S/C27H30N2/c1-18-15-24(19(2)22-11-7-5-8-12-22)26(17-27(29)21(4)28)25(16-18)20(3)23-13-9-6-10-14-23/h5-16,19-20,28-29H,17H2,1-4H3. The minimum Gasteiger partial charge on any atom is -0.304 e. The fourth-order valence-electron chi connectivity index (χ4n) is 4.00. The van der Waals surface area contributed by atoms with Gasteiger partial charge in [0, 0.05) is 24.0 Å². The number of nitrogens with one attached hydrogen (secondary N) is 2. The minimum absolute atomic E-state index is 0.228. The van der Waals surface area contributed by atoms with Gasteiger partial charge in [0.25, 0.3) is 0 Å². The predicted octanol–water partition coefficient (Wildman–Crippen LogP) is 6.90. The van der Waals surface area contributed by atoms with E-state index in [1.165, 1.54) is 33.4 Å². The Hall–Kier alpha value is -3.00. The van der Waals surface area contributed by atoms with E-state index in [-0.39, 0.29) is 11.8 Å². The van der Waals surface area contributed by atoms with Gasteiger partial charge in [0.1, 0.15) is 0 Å².